The van der Waals surface area contributed by atoms with Gasteiger partial charge in [-0.15, -0.1) is 0 Å². The Morgan fingerprint density at radius 3 is 2.54 bits per heavy atom. The summed E-state index contributed by atoms with van der Waals surface area (Å²) in [6.07, 6.45) is 0.420. The molecule has 26 heavy (non-hydrogen) atoms. The lowest BCUT2D eigenvalue weighted by atomic mass is 10.0. The molecule has 1 N–H and O–H groups in total. The molecule has 7 nitrogen and oxygen atoms in total. The summed E-state index contributed by atoms with van der Waals surface area (Å²) in [5.41, 5.74) is 0.797. The van der Waals surface area contributed by atoms with Gasteiger partial charge >= 0.3 is 0 Å². The molecule has 1 saturated heterocycles. The van der Waals surface area contributed by atoms with Crippen LogP contribution in [0.4, 0.5) is 0 Å². The van der Waals surface area contributed by atoms with E-state index >= 15 is 0 Å². The number of hydrogen-bond donors (Lipinski definition) is 1. The van der Waals surface area contributed by atoms with Crippen LogP contribution in [0.3, 0.4) is 0 Å². The van der Waals surface area contributed by atoms with Crippen molar-refractivity contribution in [2.75, 3.05) is 33.4 Å². The predicted molar refractivity (Wildman–Crippen MR) is 98.7 cm³/mol. The molecule has 146 valence electrons. The highest BCUT2D eigenvalue weighted by Crippen LogP contribution is 2.25. The second-order valence-electron chi connectivity index (χ2n) is 6.90. The topological polar surface area (TPSA) is 84.9 Å². The molecule has 8 heteroatoms. The summed E-state index contributed by atoms with van der Waals surface area (Å²) in [6, 6.07) is 4.13. The minimum Gasteiger partial charge on any atom is -0.495 e. The van der Waals surface area contributed by atoms with Crippen LogP contribution in [0.1, 0.15) is 25.8 Å². The molecule has 0 aromatic heterocycles. The number of methoxy groups -OCH3 is 1. The maximum atomic E-state index is 13.0. The van der Waals surface area contributed by atoms with E-state index in [0.29, 0.717) is 32.7 Å². The lowest BCUT2D eigenvalue weighted by Gasteiger charge is -2.31. The van der Waals surface area contributed by atoms with E-state index < -0.39 is 16.1 Å². The number of rotatable bonds is 7. The van der Waals surface area contributed by atoms with Crippen molar-refractivity contribution in [3.05, 3.63) is 23.8 Å². The highest BCUT2D eigenvalue weighted by molar-refractivity contribution is 7.89. The fraction of sp³-hybridized carbons (Fsp3) is 0.611. The predicted octanol–water partition coefficient (Wildman–Crippen LogP) is 1.56. The molecule has 0 bridgehead atoms. The van der Waals surface area contributed by atoms with Crippen LogP contribution < -0.4 is 9.46 Å². The van der Waals surface area contributed by atoms with Crippen molar-refractivity contribution >= 4 is 15.9 Å². The molecule has 1 aliphatic heterocycles. The number of carbonyl (C=O) groups is 1. The molecule has 1 aliphatic rings. The maximum absolute atomic E-state index is 13.0. The monoisotopic (exact) mass is 384 g/mol. The van der Waals surface area contributed by atoms with Crippen molar-refractivity contribution in [3.8, 4) is 5.75 Å². The zero-order valence-electron chi connectivity index (χ0n) is 15.8. The number of nitrogens with zero attached hydrogens (tertiary/aromatic N) is 1. The fourth-order valence-corrected chi connectivity index (χ4v) is 4.38. The number of ether oxygens (including phenoxy) is 2. The third-order valence-corrected chi connectivity index (χ3v) is 5.73. The van der Waals surface area contributed by atoms with E-state index in [9.17, 15) is 13.2 Å². The molecule has 2 rings (SSSR count). The molecule has 0 saturated carbocycles. The average molecular weight is 384 g/mol. The number of sulfonamides is 1. The first-order valence-corrected chi connectivity index (χ1v) is 10.3. The van der Waals surface area contributed by atoms with Crippen LogP contribution in [0.5, 0.6) is 5.75 Å². The fourth-order valence-electron chi connectivity index (χ4n) is 2.92. The van der Waals surface area contributed by atoms with Gasteiger partial charge in [-0.1, -0.05) is 19.9 Å². The molecule has 1 atom stereocenters. The molecule has 1 aromatic rings. The quantitative estimate of drug-likeness (QED) is 0.771. The van der Waals surface area contributed by atoms with E-state index in [4.69, 9.17) is 9.47 Å². The number of benzene rings is 1. The van der Waals surface area contributed by atoms with E-state index in [1.54, 1.807) is 23.1 Å². The number of amides is 1. The highest BCUT2D eigenvalue weighted by Gasteiger charge is 2.32. The van der Waals surface area contributed by atoms with Gasteiger partial charge < -0.3 is 14.4 Å². The molecular weight excluding hydrogens is 356 g/mol. The van der Waals surface area contributed by atoms with Gasteiger partial charge in [0.1, 0.15) is 16.7 Å². The average Bonchev–Trinajstić information content (AvgIpc) is 2.60. The Labute approximate surface area is 155 Å². The Bertz CT molecular complexity index is 727. The Morgan fingerprint density at radius 2 is 1.96 bits per heavy atom. The van der Waals surface area contributed by atoms with E-state index in [0.717, 1.165) is 5.56 Å². The van der Waals surface area contributed by atoms with Gasteiger partial charge in [-0.3, -0.25) is 4.79 Å². The number of nitrogens with one attached hydrogen (secondary N) is 1. The molecule has 0 unspecified atom stereocenters. The second kappa shape index (κ2) is 8.83. The highest BCUT2D eigenvalue weighted by atomic mass is 32.2. The summed E-state index contributed by atoms with van der Waals surface area (Å²) in [6.45, 7) is 7.62. The van der Waals surface area contributed by atoms with Crippen LogP contribution in [0, 0.1) is 12.8 Å². The number of carbonyl (C=O) groups excluding carboxylic acids is 1. The van der Waals surface area contributed by atoms with Gasteiger partial charge in [0.2, 0.25) is 15.9 Å². The lowest BCUT2D eigenvalue weighted by Crippen LogP contribution is -2.52. The molecule has 1 aromatic carbocycles. The van der Waals surface area contributed by atoms with Crippen LogP contribution in [0.15, 0.2) is 23.1 Å². The molecule has 1 amide bonds. The second-order valence-corrected chi connectivity index (χ2v) is 8.58. The van der Waals surface area contributed by atoms with Gasteiger partial charge in [-0.05, 0) is 37.0 Å². The van der Waals surface area contributed by atoms with Crippen LogP contribution in [-0.4, -0.2) is 58.7 Å². The molecule has 0 spiro atoms. The third kappa shape index (κ3) is 5.18. The largest absolute Gasteiger partial charge is 0.495 e. The van der Waals surface area contributed by atoms with Gasteiger partial charge in [0, 0.05) is 13.1 Å². The number of aryl methyl sites for hydroxylation is 1. The molecule has 1 heterocycles. The van der Waals surface area contributed by atoms with Crippen molar-refractivity contribution in [1.29, 1.82) is 0 Å². The number of morpholine rings is 1. The van der Waals surface area contributed by atoms with Crippen LogP contribution in [0.25, 0.3) is 0 Å². The van der Waals surface area contributed by atoms with E-state index in [2.05, 4.69) is 4.72 Å². The molecule has 0 radical (unpaired) electrons. The van der Waals surface area contributed by atoms with Crippen LogP contribution >= 0.6 is 0 Å². The van der Waals surface area contributed by atoms with Crippen molar-refractivity contribution in [3.63, 3.8) is 0 Å². The number of hydrogen-bond acceptors (Lipinski definition) is 5. The molecule has 1 fully saturated rings. The van der Waals surface area contributed by atoms with Gasteiger partial charge in [0.25, 0.3) is 0 Å². The minimum absolute atomic E-state index is 0.0449. The van der Waals surface area contributed by atoms with Crippen molar-refractivity contribution in [2.24, 2.45) is 5.92 Å². The lowest BCUT2D eigenvalue weighted by molar-refractivity contribution is -0.137. The van der Waals surface area contributed by atoms with Gasteiger partial charge in [-0.2, -0.15) is 4.72 Å². The Balaban J connectivity index is 2.29. The minimum atomic E-state index is -3.91. The SMILES string of the molecule is COc1ccc(C)cc1S(=O)(=O)N[C@@H](CC(C)C)C(=O)N1CCOCC1. The Kier molecular flexibility index (Phi) is 7.02. The van der Waals surface area contributed by atoms with Crippen molar-refractivity contribution in [2.45, 2.75) is 38.1 Å². The summed E-state index contributed by atoms with van der Waals surface area (Å²) in [4.78, 5) is 14.6. The van der Waals surface area contributed by atoms with Crippen molar-refractivity contribution in [1.82, 2.24) is 9.62 Å². The molecule has 0 aliphatic carbocycles. The van der Waals surface area contributed by atoms with Gasteiger partial charge in [0.15, 0.2) is 0 Å². The standard InChI is InChI=1S/C18H28N2O5S/c1-13(2)11-15(18(21)20-7-9-25-10-8-20)19-26(22,23)17-12-14(3)5-6-16(17)24-4/h5-6,12-13,15,19H,7-11H2,1-4H3/t15-/m0/s1. The zero-order valence-corrected chi connectivity index (χ0v) is 16.6. The van der Waals surface area contributed by atoms with E-state index in [1.807, 2.05) is 20.8 Å². The first-order valence-electron chi connectivity index (χ1n) is 8.78. The maximum Gasteiger partial charge on any atom is 0.244 e. The summed E-state index contributed by atoms with van der Waals surface area (Å²) >= 11 is 0. The van der Waals surface area contributed by atoms with Crippen molar-refractivity contribution < 1.29 is 22.7 Å². The van der Waals surface area contributed by atoms with E-state index in [1.165, 1.54) is 7.11 Å². The Morgan fingerprint density at radius 1 is 1.31 bits per heavy atom. The first kappa shape index (κ1) is 20.7. The third-order valence-electron chi connectivity index (χ3n) is 4.23. The van der Waals surface area contributed by atoms with Gasteiger partial charge in [-0.25, -0.2) is 8.42 Å². The summed E-state index contributed by atoms with van der Waals surface area (Å²) < 4.78 is 39.0. The summed E-state index contributed by atoms with van der Waals surface area (Å²) in [7, 11) is -2.48. The molecular formula is C18H28N2O5S. The van der Waals surface area contributed by atoms with Crippen LogP contribution in [-0.2, 0) is 19.6 Å². The summed E-state index contributed by atoms with van der Waals surface area (Å²) in [5, 5.41) is 0. The normalized spacial score (nSPS) is 16.6. The van der Waals surface area contributed by atoms with E-state index in [-0.39, 0.29) is 22.5 Å². The van der Waals surface area contributed by atoms with Crippen LogP contribution in [0.2, 0.25) is 0 Å². The van der Waals surface area contributed by atoms with Gasteiger partial charge in [0.05, 0.1) is 20.3 Å². The first-order chi connectivity index (χ1) is 12.2. The zero-order chi connectivity index (χ0) is 19.3. The smallest absolute Gasteiger partial charge is 0.244 e. The Hall–Kier alpha value is -1.64. The summed E-state index contributed by atoms with van der Waals surface area (Å²) in [5.74, 6) is 0.203.